The van der Waals surface area contributed by atoms with E-state index in [1.54, 1.807) is 0 Å². The monoisotopic (exact) mass is 224 g/mol. The largest absolute Gasteiger partial charge is 0.445 e. The van der Waals surface area contributed by atoms with Crippen LogP contribution in [0.2, 0.25) is 0 Å². The summed E-state index contributed by atoms with van der Waals surface area (Å²) in [5.74, 6) is 1.82. The molecule has 0 bridgehead atoms. The molecule has 1 aliphatic rings. The van der Waals surface area contributed by atoms with E-state index < -0.39 is 0 Å². The van der Waals surface area contributed by atoms with Gasteiger partial charge in [0.05, 0.1) is 6.20 Å². The highest BCUT2D eigenvalue weighted by Gasteiger charge is 2.33. The Hall–Kier alpha value is -0.870. The van der Waals surface area contributed by atoms with E-state index in [1.165, 1.54) is 0 Å². The highest BCUT2D eigenvalue weighted by Crippen LogP contribution is 2.33. The van der Waals surface area contributed by atoms with E-state index in [2.05, 4.69) is 11.9 Å². The second-order valence-electron chi connectivity index (χ2n) is 4.70. The van der Waals surface area contributed by atoms with Crippen LogP contribution in [-0.2, 0) is 16.6 Å². The van der Waals surface area contributed by atoms with E-state index in [-0.39, 0.29) is 5.41 Å². The fraction of sp³-hybridized carbons (Fsp3) is 0.750. The third-order valence-corrected chi connectivity index (χ3v) is 3.29. The number of ether oxygens (including phenoxy) is 1. The number of hydrogen-bond donors (Lipinski definition) is 1. The van der Waals surface area contributed by atoms with Crippen molar-refractivity contribution in [2.45, 2.75) is 38.0 Å². The second-order valence-corrected chi connectivity index (χ2v) is 4.70. The van der Waals surface area contributed by atoms with E-state index in [4.69, 9.17) is 14.9 Å². The van der Waals surface area contributed by atoms with Crippen molar-refractivity contribution < 1.29 is 9.15 Å². The quantitative estimate of drug-likeness (QED) is 0.844. The average Bonchev–Trinajstić information content (AvgIpc) is 2.77. The summed E-state index contributed by atoms with van der Waals surface area (Å²) in [5.41, 5.74) is 5.53. The lowest BCUT2D eigenvalue weighted by atomic mass is 9.82. The van der Waals surface area contributed by atoms with Crippen molar-refractivity contribution in [3.8, 4) is 0 Å². The molecular formula is C12H20N2O2. The molecule has 0 amide bonds. The van der Waals surface area contributed by atoms with E-state index in [0.717, 1.165) is 50.5 Å². The van der Waals surface area contributed by atoms with E-state index in [9.17, 15) is 0 Å². The lowest BCUT2D eigenvalue weighted by molar-refractivity contribution is 0.0466. The lowest BCUT2D eigenvalue weighted by Gasteiger charge is -2.30. The molecule has 0 spiro atoms. The van der Waals surface area contributed by atoms with Gasteiger partial charge >= 0.3 is 0 Å². The average molecular weight is 224 g/mol. The molecule has 0 saturated carbocycles. The van der Waals surface area contributed by atoms with Crippen molar-refractivity contribution in [1.82, 2.24) is 4.98 Å². The predicted molar refractivity (Wildman–Crippen MR) is 61.3 cm³/mol. The third kappa shape index (κ3) is 2.44. The summed E-state index contributed by atoms with van der Waals surface area (Å²) in [4.78, 5) is 4.40. The summed E-state index contributed by atoms with van der Waals surface area (Å²) in [6.45, 7) is 4.50. The summed E-state index contributed by atoms with van der Waals surface area (Å²) in [6, 6.07) is 0. The minimum absolute atomic E-state index is 0.0548. The Morgan fingerprint density at radius 2 is 2.19 bits per heavy atom. The zero-order chi connectivity index (χ0) is 11.4. The van der Waals surface area contributed by atoms with Crippen LogP contribution in [0.4, 0.5) is 0 Å². The van der Waals surface area contributed by atoms with Gasteiger partial charge in [0.15, 0.2) is 5.89 Å². The molecule has 0 aromatic carbocycles. The Balaban J connectivity index is 2.05. The molecule has 2 heterocycles. The van der Waals surface area contributed by atoms with Crippen LogP contribution in [0.15, 0.2) is 10.6 Å². The van der Waals surface area contributed by atoms with Gasteiger partial charge < -0.3 is 14.9 Å². The van der Waals surface area contributed by atoms with Gasteiger partial charge in [-0.25, -0.2) is 4.98 Å². The minimum Gasteiger partial charge on any atom is -0.445 e. The molecule has 16 heavy (non-hydrogen) atoms. The van der Waals surface area contributed by atoms with E-state index in [1.807, 2.05) is 6.20 Å². The van der Waals surface area contributed by atoms with E-state index in [0.29, 0.717) is 6.54 Å². The van der Waals surface area contributed by atoms with Gasteiger partial charge in [-0.15, -0.1) is 0 Å². The highest BCUT2D eigenvalue weighted by molar-refractivity contribution is 5.07. The number of aryl methyl sites for hydroxylation is 1. The molecule has 90 valence electrons. The zero-order valence-corrected chi connectivity index (χ0v) is 9.87. The minimum atomic E-state index is 0.0548. The van der Waals surface area contributed by atoms with Gasteiger partial charge in [0.1, 0.15) is 5.76 Å². The molecule has 1 fully saturated rings. The molecule has 0 radical (unpaired) electrons. The van der Waals surface area contributed by atoms with Gasteiger partial charge in [-0.05, 0) is 25.8 Å². The predicted octanol–water partition coefficient (Wildman–Crippen LogP) is 1.63. The number of aromatic nitrogens is 1. The summed E-state index contributed by atoms with van der Waals surface area (Å²) in [6.07, 6.45) is 5.66. The maximum Gasteiger partial charge on any atom is 0.200 e. The first kappa shape index (κ1) is 11.6. The molecule has 4 nitrogen and oxygen atoms in total. The normalized spacial score (nSPS) is 19.9. The van der Waals surface area contributed by atoms with Crippen LogP contribution < -0.4 is 5.73 Å². The summed E-state index contributed by atoms with van der Waals surface area (Å²) < 4.78 is 11.2. The van der Waals surface area contributed by atoms with Gasteiger partial charge in [0.2, 0.25) is 0 Å². The molecule has 1 aromatic heterocycles. The first-order chi connectivity index (χ1) is 7.74. The van der Waals surface area contributed by atoms with Crippen molar-refractivity contribution in [3.63, 3.8) is 0 Å². The third-order valence-electron chi connectivity index (χ3n) is 3.29. The molecular weight excluding hydrogens is 204 g/mol. The molecule has 4 heteroatoms. The summed E-state index contributed by atoms with van der Waals surface area (Å²) in [7, 11) is 0. The maximum atomic E-state index is 5.81. The van der Waals surface area contributed by atoms with Crippen LogP contribution in [0.5, 0.6) is 0 Å². The van der Waals surface area contributed by atoms with Crippen LogP contribution in [0.3, 0.4) is 0 Å². The Labute approximate surface area is 96.2 Å². The number of hydrogen-bond acceptors (Lipinski definition) is 4. The van der Waals surface area contributed by atoms with Gasteiger partial charge in [0.25, 0.3) is 0 Å². The van der Waals surface area contributed by atoms with Gasteiger partial charge in [-0.2, -0.15) is 0 Å². The van der Waals surface area contributed by atoms with Crippen molar-refractivity contribution in [1.29, 1.82) is 0 Å². The Morgan fingerprint density at radius 3 is 2.88 bits per heavy atom. The summed E-state index contributed by atoms with van der Waals surface area (Å²) >= 11 is 0. The fourth-order valence-corrected chi connectivity index (χ4v) is 2.01. The molecule has 0 atom stereocenters. The van der Waals surface area contributed by atoms with Crippen molar-refractivity contribution >= 4 is 0 Å². The highest BCUT2D eigenvalue weighted by atomic mass is 16.5. The molecule has 1 aromatic rings. The Morgan fingerprint density at radius 1 is 1.44 bits per heavy atom. The second kappa shape index (κ2) is 4.97. The Bertz CT molecular complexity index is 330. The first-order valence-corrected chi connectivity index (χ1v) is 5.97. The van der Waals surface area contributed by atoms with Crippen LogP contribution in [0.25, 0.3) is 0 Å². The van der Waals surface area contributed by atoms with Crippen LogP contribution >= 0.6 is 0 Å². The number of oxazole rings is 1. The van der Waals surface area contributed by atoms with Gasteiger partial charge in [-0.1, -0.05) is 6.92 Å². The van der Waals surface area contributed by atoms with Crippen LogP contribution in [-0.4, -0.2) is 24.7 Å². The van der Waals surface area contributed by atoms with Gasteiger partial charge in [-0.3, -0.25) is 0 Å². The maximum absolute atomic E-state index is 5.81. The van der Waals surface area contributed by atoms with Crippen molar-refractivity contribution in [2.24, 2.45) is 5.73 Å². The van der Waals surface area contributed by atoms with Crippen LogP contribution in [0, 0.1) is 0 Å². The van der Waals surface area contributed by atoms with Crippen LogP contribution in [0.1, 0.15) is 37.8 Å². The Kier molecular flexibility index (Phi) is 3.61. The summed E-state index contributed by atoms with van der Waals surface area (Å²) in [5, 5.41) is 0. The SMILES string of the molecule is CC1(c2ncc(CCCN)o2)CCOCC1. The number of rotatable bonds is 4. The molecule has 1 aliphatic heterocycles. The van der Waals surface area contributed by atoms with E-state index >= 15 is 0 Å². The van der Waals surface area contributed by atoms with Gasteiger partial charge in [0, 0.05) is 25.0 Å². The topological polar surface area (TPSA) is 61.3 Å². The fourth-order valence-electron chi connectivity index (χ4n) is 2.01. The molecule has 1 saturated heterocycles. The van der Waals surface area contributed by atoms with Crippen molar-refractivity contribution in [2.75, 3.05) is 19.8 Å². The first-order valence-electron chi connectivity index (χ1n) is 5.97. The number of nitrogens with two attached hydrogens (primary N) is 1. The molecule has 2 rings (SSSR count). The standard InChI is InChI=1S/C12H20N2O2/c1-12(4-7-15-8-5-12)11-14-9-10(16-11)3-2-6-13/h9H,2-8,13H2,1H3. The zero-order valence-electron chi connectivity index (χ0n) is 9.87. The molecule has 0 aliphatic carbocycles. The van der Waals surface area contributed by atoms with Crippen molar-refractivity contribution in [3.05, 3.63) is 17.8 Å². The smallest absolute Gasteiger partial charge is 0.200 e. The molecule has 0 unspecified atom stereocenters. The number of nitrogens with zero attached hydrogens (tertiary/aromatic N) is 1. The molecule has 2 N–H and O–H groups in total. The lowest BCUT2D eigenvalue weighted by Crippen LogP contribution is -2.30.